The van der Waals surface area contributed by atoms with Crippen molar-refractivity contribution in [2.75, 3.05) is 0 Å². The van der Waals surface area contributed by atoms with Crippen molar-refractivity contribution in [3.63, 3.8) is 0 Å². The minimum absolute atomic E-state index is 0.115. The fourth-order valence-corrected chi connectivity index (χ4v) is 3.89. The Bertz CT molecular complexity index is 1340. The van der Waals surface area contributed by atoms with Crippen molar-refractivity contribution in [2.45, 2.75) is 26.8 Å². The van der Waals surface area contributed by atoms with Gasteiger partial charge < -0.3 is 5.32 Å². The van der Waals surface area contributed by atoms with E-state index in [-0.39, 0.29) is 5.91 Å². The maximum absolute atomic E-state index is 12.5. The number of benzene rings is 2. The van der Waals surface area contributed by atoms with Crippen LogP contribution >= 0.6 is 11.6 Å². The van der Waals surface area contributed by atoms with Gasteiger partial charge in [-0.2, -0.15) is 10.4 Å². The van der Waals surface area contributed by atoms with Gasteiger partial charge in [0.1, 0.15) is 6.07 Å². The standard InChI is InChI=1S/C26H22ClN5O/c1-17-24(18(2)32(31-17)23-8-7-22(15-28)25(27)14-23)13-19-3-5-21(6-4-19)26(33)30-16-20-9-11-29-12-10-20/h3-12,14H,13,16H2,1-2H3,(H,30,33). The van der Waals surface area contributed by atoms with Gasteiger partial charge >= 0.3 is 0 Å². The first kappa shape index (κ1) is 22.3. The van der Waals surface area contributed by atoms with Crippen LogP contribution < -0.4 is 5.32 Å². The molecular formula is C26H22ClN5O. The number of halogens is 1. The molecule has 4 rings (SSSR count). The van der Waals surface area contributed by atoms with Crippen LogP contribution in [0.1, 0.15) is 44.0 Å². The van der Waals surface area contributed by atoms with Crippen LogP contribution in [-0.2, 0) is 13.0 Å². The maximum Gasteiger partial charge on any atom is 0.251 e. The average Bonchev–Trinajstić information content (AvgIpc) is 3.12. The number of nitrogens with one attached hydrogen (secondary N) is 1. The Hall–Kier alpha value is -3.95. The summed E-state index contributed by atoms with van der Waals surface area (Å²) >= 11 is 6.21. The molecule has 0 atom stereocenters. The van der Waals surface area contributed by atoms with Gasteiger partial charge in [0.15, 0.2) is 0 Å². The molecule has 164 valence electrons. The molecule has 4 aromatic rings. The van der Waals surface area contributed by atoms with Gasteiger partial charge in [-0.15, -0.1) is 0 Å². The smallest absolute Gasteiger partial charge is 0.251 e. The van der Waals surface area contributed by atoms with E-state index in [4.69, 9.17) is 16.9 Å². The Kier molecular flexibility index (Phi) is 6.53. The number of hydrogen-bond acceptors (Lipinski definition) is 4. The zero-order chi connectivity index (χ0) is 23.4. The van der Waals surface area contributed by atoms with Crippen molar-refractivity contribution in [2.24, 2.45) is 0 Å². The second kappa shape index (κ2) is 9.68. The highest BCUT2D eigenvalue weighted by molar-refractivity contribution is 6.31. The third kappa shape index (κ3) is 4.94. The summed E-state index contributed by atoms with van der Waals surface area (Å²) in [4.78, 5) is 16.4. The Balaban J connectivity index is 1.48. The SMILES string of the molecule is Cc1nn(-c2ccc(C#N)c(Cl)c2)c(C)c1Cc1ccc(C(=O)NCc2ccncc2)cc1. The molecule has 2 aromatic heterocycles. The van der Waals surface area contributed by atoms with Gasteiger partial charge in [0.25, 0.3) is 5.91 Å². The van der Waals surface area contributed by atoms with Crippen LogP contribution in [0.5, 0.6) is 0 Å². The third-order valence-corrected chi connectivity index (χ3v) is 5.87. The van der Waals surface area contributed by atoms with E-state index in [9.17, 15) is 4.79 Å². The fourth-order valence-electron chi connectivity index (χ4n) is 3.67. The number of rotatable bonds is 6. The van der Waals surface area contributed by atoms with E-state index < -0.39 is 0 Å². The van der Waals surface area contributed by atoms with Crippen LogP contribution in [0.25, 0.3) is 5.69 Å². The van der Waals surface area contributed by atoms with Crippen molar-refractivity contribution in [1.29, 1.82) is 5.26 Å². The summed E-state index contributed by atoms with van der Waals surface area (Å²) in [5.74, 6) is -0.115. The molecule has 6 nitrogen and oxygen atoms in total. The molecule has 2 heterocycles. The lowest BCUT2D eigenvalue weighted by molar-refractivity contribution is 0.0951. The lowest BCUT2D eigenvalue weighted by atomic mass is 10.0. The van der Waals surface area contributed by atoms with E-state index in [2.05, 4.69) is 21.5 Å². The monoisotopic (exact) mass is 455 g/mol. The Morgan fingerprint density at radius 3 is 2.45 bits per heavy atom. The number of nitrogens with zero attached hydrogens (tertiary/aromatic N) is 4. The molecule has 0 aliphatic carbocycles. The quantitative estimate of drug-likeness (QED) is 0.446. The van der Waals surface area contributed by atoms with Crippen molar-refractivity contribution < 1.29 is 4.79 Å². The summed E-state index contributed by atoms with van der Waals surface area (Å²) in [6.45, 7) is 4.45. The molecule has 0 saturated heterocycles. The molecule has 0 saturated carbocycles. The van der Waals surface area contributed by atoms with Gasteiger partial charge in [-0.3, -0.25) is 9.78 Å². The van der Waals surface area contributed by atoms with Gasteiger partial charge in [-0.25, -0.2) is 4.68 Å². The van der Waals surface area contributed by atoms with Crippen molar-refractivity contribution in [1.82, 2.24) is 20.1 Å². The van der Waals surface area contributed by atoms with Crippen LogP contribution in [0.4, 0.5) is 0 Å². The van der Waals surface area contributed by atoms with E-state index in [1.807, 2.05) is 61.0 Å². The van der Waals surface area contributed by atoms with Crippen molar-refractivity contribution in [3.05, 3.63) is 111 Å². The number of aryl methyl sites for hydroxylation is 1. The molecule has 1 amide bonds. The van der Waals surface area contributed by atoms with E-state index in [1.165, 1.54) is 0 Å². The van der Waals surface area contributed by atoms with E-state index >= 15 is 0 Å². The number of amides is 1. The largest absolute Gasteiger partial charge is 0.348 e. The van der Waals surface area contributed by atoms with E-state index in [0.717, 1.165) is 33.8 Å². The number of hydrogen-bond donors (Lipinski definition) is 1. The molecule has 0 fully saturated rings. The number of carbonyl (C=O) groups excluding carboxylic acids is 1. The number of aromatic nitrogens is 3. The summed E-state index contributed by atoms with van der Waals surface area (Å²) in [6, 6.07) is 18.7. The number of carbonyl (C=O) groups is 1. The normalized spacial score (nSPS) is 10.6. The van der Waals surface area contributed by atoms with Gasteiger partial charge in [-0.05, 0) is 67.4 Å². The van der Waals surface area contributed by atoms with Crippen molar-refractivity contribution >= 4 is 17.5 Å². The summed E-state index contributed by atoms with van der Waals surface area (Å²) < 4.78 is 1.85. The minimum atomic E-state index is -0.115. The molecule has 1 N–H and O–H groups in total. The molecular weight excluding hydrogens is 434 g/mol. The average molecular weight is 456 g/mol. The van der Waals surface area contributed by atoms with Crippen molar-refractivity contribution in [3.8, 4) is 11.8 Å². The minimum Gasteiger partial charge on any atom is -0.348 e. The Morgan fingerprint density at radius 1 is 1.06 bits per heavy atom. The second-order valence-electron chi connectivity index (χ2n) is 7.75. The first-order valence-corrected chi connectivity index (χ1v) is 10.8. The molecule has 0 aliphatic rings. The van der Waals surface area contributed by atoms with Gasteiger partial charge in [-0.1, -0.05) is 23.7 Å². The fraction of sp³-hybridized carbons (Fsp3) is 0.154. The summed E-state index contributed by atoms with van der Waals surface area (Å²) in [6.07, 6.45) is 4.11. The molecule has 0 aliphatic heterocycles. The first-order chi connectivity index (χ1) is 16.0. The highest BCUT2D eigenvalue weighted by Crippen LogP contribution is 2.24. The number of nitriles is 1. The predicted octanol–water partition coefficient (Wildman–Crippen LogP) is 4.93. The van der Waals surface area contributed by atoms with E-state index in [1.54, 1.807) is 24.5 Å². The summed E-state index contributed by atoms with van der Waals surface area (Å²) in [5, 5.41) is 17.1. The second-order valence-corrected chi connectivity index (χ2v) is 8.16. The molecule has 0 bridgehead atoms. The molecule has 33 heavy (non-hydrogen) atoms. The lowest BCUT2D eigenvalue weighted by Gasteiger charge is -2.08. The Labute approximate surface area is 197 Å². The van der Waals surface area contributed by atoms with Gasteiger partial charge in [0.2, 0.25) is 0 Å². The molecule has 0 radical (unpaired) electrons. The predicted molar refractivity (Wildman–Crippen MR) is 127 cm³/mol. The first-order valence-electron chi connectivity index (χ1n) is 10.5. The van der Waals surface area contributed by atoms with E-state index in [0.29, 0.717) is 29.1 Å². The maximum atomic E-state index is 12.5. The van der Waals surface area contributed by atoms with Crippen LogP contribution in [-0.4, -0.2) is 20.7 Å². The molecule has 0 spiro atoms. The molecule has 2 aromatic carbocycles. The highest BCUT2D eigenvalue weighted by Gasteiger charge is 2.15. The lowest BCUT2D eigenvalue weighted by Crippen LogP contribution is -2.22. The highest BCUT2D eigenvalue weighted by atomic mass is 35.5. The Morgan fingerprint density at radius 2 is 1.79 bits per heavy atom. The van der Waals surface area contributed by atoms with Gasteiger partial charge in [0.05, 0.1) is 22.0 Å². The van der Waals surface area contributed by atoms with Crippen LogP contribution in [0.15, 0.2) is 67.0 Å². The zero-order valence-corrected chi connectivity index (χ0v) is 19.1. The summed E-state index contributed by atoms with van der Waals surface area (Å²) in [7, 11) is 0. The van der Waals surface area contributed by atoms with Gasteiger partial charge in [0, 0.05) is 42.2 Å². The van der Waals surface area contributed by atoms with Crippen LogP contribution in [0.3, 0.4) is 0 Å². The van der Waals surface area contributed by atoms with Crippen LogP contribution in [0.2, 0.25) is 5.02 Å². The summed E-state index contributed by atoms with van der Waals surface area (Å²) in [5.41, 5.74) is 7.00. The van der Waals surface area contributed by atoms with Crippen LogP contribution in [0, 0.1) is 25.2 Å². The zero-order valence-electron chi connectivity index (χ0n) is 18.3. The third-order valence-electron chi connectivity index (χ3n) is 5.56. The number of pyridine rings is 1. The molecule has 0 unspecified atom stereocenters. The topological polar surface area (TPSA) is 83.6 Å². The molecule has 7 heteroatoms.